The third-order valence-corrected chi connectivity index (χ3v) is 2.87. The molecule has 0 unspecified atom stereocenters. The third kappa shape index (κ3) is 1.65. The summed E-state index contributed by atoms with van der Waals surface area (Å²) in [6, 6.07) is 2.10. The topological polar surface area (TPSA) is 26.0 Å². The van der Waals surface area contributed by atoms with Gasteiger partial charge in [0.15, 0.2) is 5.58 Å². The fraction of sp³-hybridized carbons (Fsp3) is 0.462. The molecule has 0 bridgehead atoms. The maximum atomic E-state index is 5.67. The van der Waals surface area contributed by atoms with Crippen molar-refractivity contribution >= 4 is 11.1 Å². The average molecular weight is 203 g/mol. The van der Waals surface area contributed by atoms with Gasteiger partial charge in [0.05, 0.1) is 0 Å². The van der Waals surface area contributed by atoms with Crippen LogP contribution in [0.3, 0.4) is 0 Å². The summed E-state index contributed by atoms with van der Waals surface area (Å²) in [5.41, 5.74) is 4.36. The number of fused-ring (bicyclic) bond motifs is 1. The molecule has 15 heavy (non-hydrogen) atoms. The first-order chi connectivity index (χ1) is 6.89. The summed E-state index contributed by atoms with van der Waals surface area (Å²) in [6.07, 6.45) is 1.95. The molecule has 0 amide bonds. The van der Waals surface area contributed by atoms with Gasteiger partial charge in [-0.3, -0.25) is 4.98 Å². The van der Waals surface area contributed by atoms with Crippen LogP contribution in [0.5, 0.6) is 0 Å². The Balaban J connectivity index is 2.67. The largest absolute Gasteiger partial charge is 0.459 e. The van der Waals surface area contributed by atoms with Gasteiger partial charge in [-0.1, -0.05) is 20.8 Å². The minimum absolute atomic E-state index is 0.121. The van der Waals surface area contributed by atoms with Crippen molar-refractivity contribution in [1.82, 2.24) is 4.98 Å². The van der Waals surface area contributed by atoms with E-state index in [0.717, 1.165) is 22.4 Å². The molecule has 0 saturated carbocycles. The highest BCUT2D eigenvalue weighted by Gasteiger charge is 2.16. The fourth-order valence-electron chi connectivity index (χ4n) is 1.62. The van der Waals surface area contributed by atoms with E-state index in [1.807, 2.05) is 20.0 Å². The minimum atomic E-state index is 0.121. The normalized spacial score (nSPS) is 12.3. The van der Waals surface area contributed by atoms with E-state index in [4.69, 9.17) is 4.42 Å². The first-order valence-corrected chi connectivity index (χ1v) is 5.26. The molecule has 0 aliphatic carbocycles. The zero-order chi connectivity index (χ0) is 11.2. The van der Waals surface area contributed by atoms with E-state index < -0.39 is 0 Å². The lowest BCUT2D eigenvalue weighted by atomic mass is 9.88. The lowest BCUT2D eigenvalue weighted by molar-refractivity contribution is 0.564. The summed E-state index contributed by atoms with van der Waals surface area (Å²) < 4.78 is 5.67. The number of aromatic nitrogens is 1. The van der Waals surface area contributed by atoms with Crippen LogP contribution in [-0.4, -0.2) is 4.98 Å². The van der Waals surface area contributed by atoms with Crippen molar-refractivity contribution in [2.75, 3.05) is 0 Å². The third-order valence-electron chi connectivity index (χ3n) is 2.87. The first-order valence-electron chi connectivity index (χ1n) is 5.26. The van der Waals surface area contributed by atoms with Gasteiger partial charge in [-0.25, -0.2) is 0 Å². The first kappa shape index (κ1) is 10.2. The molecule has 0 N–H and O–H groups in total. The maximum Gasteiger partial charge on any atom is 0.153 e. The molecule has 2 rings (SSSR count). The molecule has 0 saturated heterocycles. The zero-order valence-corrected chi connectivity index (χ0v) is 10.0. The molecule has 0 aromatic carbocycles. The van der Waals surface area contributed by atoms with Crippen LogP contribution in [0.1, 0.15) is 37.7 Å². The highest BCUT2D eigenvalue weighted by Crippen LogP contribution is 2.28. The number of rotatable bonds is 0. The number of aryl methyl sites for hydroxylation is 2. The van der Waals surface area contributed by atoms with E-state index in [-0.39, 0.29) is 5.41 Å². The van der Waals surface area contributed by atoms with Crippen molar-refractivity contribution in [1.29, 1.82) is 0 Å². The molecule has 0 aliphatic heterocycles. The standard InChI is InChI=1S/C13H17NO/c1-8-9(2)15-11-6-10(13(3,4)5)7-14-12(8)11/h6-7H,1-5H3. The molecular weight excluding hydrogens is 186 g/mol. The van der Waals surface area contributed by atoms with Crippen LogP contribution in [-0.2, 0) is 5.41 Å². The van der Waals surface area contributed by atoms with Gasteiger partial charge in [0.2, 0.25) is 0 Å². The average Bonchev–Trinajstić information content (AvgIpc) is 2.41. The summed E-state index contributed by atoms with van der Waals surface area (Å²) in [4.78, 5) is 4.47. The number of pyridine rings is 1. The quantitative estimate of drug-likeness (QED) is 0.651. The number of hydrogen-bond donors (Lipinski definition) is 0. The van der Waals surface area contributed by atoms with Gasteiger partial charge in [0.25, 0.3) is 0 Å². The van der Waals surface area contributed by atoms with E-state index in [1.165, 1.54) is 5.56 Å². The van der Waals surface area contributed by atoms with Crippen molar-refractivity contribution in [3.05, 3.63) is 29.2 Å². The molecule has 2 aromatic heterocycles. The number of hydrogen-bond acceptors (Lipinski definition) is 2. The SMILES string of the molecule is Cc1oc2cc(C(C)(C)C)cnc2c1C. The Labute approximate surface area is 90.3 Å². The Morgan fingerprint density at radius 2 is 1.87 bits per heavy atom. The second-order valence-electron chi connectivity index (χ2n) is 5.10. The molecule has 0 spiro atoms. The highest BCUT2D eigenvalue weighted by molar-refractivity contribution is 5.78. The highest BCUT2D eigenvalue weighted by atomic mass is 16.3. The van der Waals surface area contributed by atoms with E-state index >= 15 is 0 Å². The van der Waals surface area contributed by atoms with Crippen LogP contribution < -0.4 is 0 Å². The number of furan rings is 1. The number of nitrogens with zero attached hydrogens (tertiary/aromatic N) is 1. The molecule has 0 aliphatic rings. The lowest BCUT2D eigenvalue weighted by Crippen LogP contribution is -2.11. The Bertz CT molecular complexity index is 503. The lowest BCUT2D eigenvalue weighted by Gasteiger charge is -2.17. The minimum Gasteiger partial charge on any atom is -0.459 e. The van der Waals surface area contributed by atoms with Crippen LogP contribution in [0.25, 0.3) is 11.1 Å². The summed E-state index contributed by atoms with van der Waals surface area (Å²) >= 11 is 0. The molecule has 80 valence electrons. The van der Waals surface area contributed by atoms with E-state index in [2.05, 4.69) is 31.8 Å². The van der Waals surface area contributed by atoms with Gasteiger partial charge in [-0.2, -0.15) is 0 Å². The summed E-state index contributed by atoms with van der Waals surface area (Å²) in [6.45, 7) is 10.6. The summed E-state index contributed by atoms with van der Waals surface area (Å²) in [5.74, 6) is 0.962. The maximum absolute atomic E-state index is 5.67. The van der Waals surface area contributed by atoms with E-state index in [9.17, 15) is 0 Å². The van der Waals surface area contributed by atoms with Crippen LogP contribution in [0.15, 0.2) is 16.7 Å². The summed E-state index contributed by atoms with van der Waals surface area (Å²) in [5, 5.41) is 0. The summed E-state index contributed by atoms with van der Waals surface area (Å²) in [7, 11) is 0. The molecule has 0 fully saturated rings. The van der Waals surface area contributed by atoms with Gasteiger partial charge in [-0.05, 0) is 30.9 Å². The molecule has 2 nitrogen and oxygen atoms in total. The van der Waals surface area contributed by atoms with Gasteiger partial charge in [0, 0.05) is 11.8 Å². The van der Waals surface area contributed by atoms with Gasteiger partial charge < -0.3 is 4.42 Å². The van der Waals surface area contributed by atoms with Crippen LogP contribution in [0.4, 0.5) is 0 Å². The van der Waals surface area contributed by atoms with Gasteiger partial charge in [0.1, 0.15) is 11.3 Å². The zero-order valence-electron chi connectivity index (χ0n) is 10.0. The molecular formula is C13H17NO. The Kier molecular flexibility index (Phi) is 2.10. The predicted molar refractivity (Wildman–Crippen MR) is 62.2 cm³/mol. The molecule has 0 atom stereocenters. The smallest absolute Gasteiger partial charge is 0.153 e. The Morgan fingerprint density at radius 1 is 1.20 bits per heavy atom. The van der Waals surface area contributed by atoms with Crippen LogP contribution >= 0.6 is 0 Å². The van der Waals surface area contributed by atoms with Gasteiger partial charge in [-0.15, -0.1) is 0 Å². The van der Waals surface area contributed by atoms with Crippen LogP contribution in [0.2, 0.25) is 0 Å². The van der Waals surface area contributed by atoms with Crippen molar-refractivity contribution in [3.8, 4) is 0 Å². The predicted octanol–water partition coefficient (Wildman–Crippen LogP) is 3.74. The van der Waals surface area contributed by atoms with Crippen molar-refractivity contribution < 1.29 is 4.42 Å². The molecule has 0 radical (unpaired) electrons. The second kappa shape index (κ2) is 3.09. The van der Waals surface area contributed by atoms with Crippen molar-refractivity contribution in [3.63, 3.8) is 0 Å². The van der Waals surface area contributed by atoms with Crippen LogP contribution in [0, 0.1) is 13.8 Å². The molecule has 2 aromatic rings. The van der Waals surface area contributed by atoms with E-state index in [1.54, 1.807) is 0 Å². The second-order valence-corrected chi connectivity index (χ2v) is 5.10. The van der Waals surface area contributed by atoms with E-state index in [0.29, 0.717) is 0 Å². The Morgan fingerprint density at radius 3 is 2.47 bits per heavy atom. The molecule has 2 heterocycles. The monoisotopic (exact) mass is 203 g/mol. The molecule has 2 heteroatoms. The Hall–Kier alpha value is -1.31. The van der Waals surface area contributed by atoms with Gasteiger partial charge >= 0.3 is 0 Å². The fourth-order valence-corrected chi connectivity index (χ4v) is 1.62. The van der Waals surface area contributed by atoms with Crippen molar-refractivity contribution in [2.24, 2.45) is 0 Å². The van der Waals surface area contributed by atoms with Crippen molar-refractivity contribution in [2.45, 2.75) is 40.0 Å².